The Labute approximate surface area is 131 Å². The minimum absolute atomic E-state index is 0.479. The molecule has 0 radical (unpaired) electrons. The van der Waals surface area contributed by atoms with Crippen LogP contribution in [0.15, 0.2) is 30.3 Å². The number of hydrogen-bond acceptors (Lipinski definition) is 2. The SMILES string of the molecule is CCc1nn(CC)c(CC(O)(CC)c2ccccc2)c1Cl. The summed E-state index contributed by atoms with van der Waals surface area (Å²) < 4.78 is 1.91. The average Bonchev–Trinajstić information content (AvgIpc) is 2.83. The van der Waals surface area contributed by atoms with Gasteiger partial charge < -0.3 is 5.11 Å². The van der Waals surface area contributed by atoms with Crippen LogP contribution in [0.1, 0.15) is 44.1 Å². The van der Waals surface area contributed by atoms with Crippen molar-refractivity contribution < 1.29 is 5.11 Å². The van der Waals surface area contributed by atoms with Crippen molar-refractivity contribution in [2.45, 2.75) is 52.2 Å². The van der Waals surface area contributed by atoms with Gasteiger partial charge in [-0.05, 0) is 25.3 Å². The second-order valence-electron chi connectivity index (χ2n) is 5.30. The van der Waals surface area contributed by atoms with E-state index in [-0.39, 0.29) is 0 Å². The fraction of sp³-hybridized carbons (Fsp3) is 0.471. The Morgan fingerprint density at radius 3 is 2.38 bits per heavy atom. The normalized spacial score (nSPS) is 14.1. The average molecular weight is 307 g/mol. The maximum Gasteiger partial charge on any atom is 0.0949 e. The molecule has 1 N–H and O–H groups in total. The van der Waals surface area contributed by atoms with Crippen LogP contribution in [0.5, 0.6) is 0 Å². The highest BCUT2D eigenvalue weighted by Gasteiger charge is 2.30. The molecule has 2 aromatic rings. The van der Waals surface area contributed by atoms with Crippen LogP contribution in [0.25, 0.3) is 0 Å². The number of aryl methyl sites for hydroxylation is 2. The number of halogens is 1. The van der Waals surface area contributed by atoms with Gasteiger partial charge >= 0.3 is 0 Å². The molecule has 21 heavy (non-hydrogen) atoms. The van der Waals surface area contributed by atoms with Gasteiger partial charge in [0.05, 0.1) is 22.0 Å². The van der Waals surface area contributed by atoms with Gasteiger partial charge in [-0.25, -0.2) is 0 Å². The van der Waals surface area contributed by atoms with Crippen LogP contribution in [0.2, 0.25) is 5.02 Å². The van der Waals surface area contributed by atoms with Gasteiger partial charge in [0, 0.05) is 13.0 Å². The van der Waals surface area contributed by atoms with E-state index in [9.17, 15) is 5.11 Å². The summed E-state index contributed by atoms with van der Waals surface area (Å²) in [5.74, 6) is 0. The highest BCUT2D eigenvalue weighted by Crippen LogP contribution is 2.33. The number of aromatic nitrogens is 2. The Kier molecular flexibility index (Phi) is 5.07. The minimum Gasteiger partial charge on any atom is -0.385 e. The molecule has 1 atom stereocenters. The number of hydrogen-bond donors (Lipinski definition) is 1. The predicted molar refractivity (Wildman–Crippen MR) is 86.6 cm³/mol. The summed E-state index contributed by atoms with van der Waals surface area (Å²) in [6.07, 6.45) is 1.91. The quantitative estimate of drug-likeness (QED) is 0.877. The largest absolute Gasteiger partial charge is 0.385 e. The molecule has 0 saturated heterocycles. The summed E-state index contributed by atoms with van der Waals surface area (Å²) in [6, 6.07) is 9.78. The molecule has 1 unspecified atom stereocenters. The molecule has 0 amide bonds. The molecular weight excluding hydrogens is 284 g/mol. The summed E-state index contributed by atoms with van der Waals surface area (Å²) >= 11 is 6.46. The van der Waals surface area contributed by atoms with Gasteiger partial charge in [-0.3, -0.25) is 4.68 Å². The summed E-state index contributed by atoms with van der Waals surface area (Å²) in [5, 5.41) is 16.3. The Morgan fingerprint density at radius 1 is 1.19 bits per heavy atom. The summed E-state index contributed by atoms with van der Waals surface area (Å²) in [7, 11) is 0. The molecular formula is C17H23ClN2O. The molecule has 114 valence electrons. The molecule has 0 aliphatic carbocycles. The zero-order valence-corrected chi connectivity index (χ0v) is 13.7. The number of nitrogens with zero attached hydrogens (tertiary/aromatic N) is 2. The Morgan fingerprint density at radius 2 is 1.86 bits per heavy atom. The first-order valence-corrected chi connectivity index (χ1v) is 7.95. The van der Waals surface area contributed by atoms with Gasteiger partial charge in [0.15, 0.2) is 0 Å². The number of rotatable bonds is 6. The van der Waals surface area contributed by atoms with E-state index in [1.807, 2.05) is 55.8 Å². The molecule has 0 fully saturated rings. The fourth-order valence-electron chi connectivity index (χ4n) is 2.64. The first kappa shape index (κ1) is 16.1. The molecule has 4 heteroatoms. The van der Waals surface area contributed by atoms with E-state index in [1.54, 1.807) is 0 Å². The van der Waals surface area contributed by atoms with Crippen LogP contribution in [0.3, 0.4) is 0 Å². The van der Waals surface area contributed by atoms with E-state index in [0.29, 0.717) is 17.9 Å². The standard InChI is InChI=1S/C17H23ClN2O/c1-4-14-16(18)15(20(6-3)19-14)12-17(21,5-2)13-10-8-7-9-11-13/h7-11,21H,4-6,12H2,1-3H3. The van der Waals surface area contributed by atoms with Crippen molar-refractivity contribution in [3.8, 4) is 0 Å². The van der Waals surface area contributed by atoms with E-state index in [1.165, 1.54) is 0 Å². The minimum atomic E-state index is -0.914. The van der Waals surface area contributed by atoms with Gasteiger partial charge in [-0.1, -0.05) is 55.8 Å². The van der Waals surface area contributed by atoms with Crippen molar-refractivity contribution in [2.75, 3.05) is 0 Å². The molecule has 1 heterocycles. The van der Waals surface area contributed by atoms with E-state index in [2.05, 4.69) is 5.10 Å². The van der Waals surface area contributed by atoms with Gasteiger partial charge in [0.1, 0.15) is 0 Å². The second-order valence-corrected chi connectivity index (χ2v) is 5.68. The molecule has 0 aliphatic rings. The van der Waals surface area contributed by atoms with Gasteiger partial charge in [-0.15, -0.1) is 0 Å². The lowest BCUT2D eigenvalue weighted by atomic mass is 9.86. The molecule has 2 rings (SSSR count). The van der Waals surface area contributed by atoms with Crippen molar-refractivity contribution in [1.82, 2.24) is 9.78 Å². The third-order valence-corrected chi connectivity index (χ3v) is 4.49. The van der Waals surface area contributed by atoms with Crippen molar-refractivity contribution >= 4 is 11.6 Å². The lowest BCUT2D eigenvalue weighted by molar-refractivity contribution is 0.0307. The second kappa shape index (κ2) is 6.63. The van der Waals surface area contributed by atoms with E-state index in [4.69, 9.17) is 11.6 Å². The zero-order valence-electron chi connectivity index (χ0n) is 12.9. The third-order valence-electron chi connectivity index (χ3n) is 4.05. The maximum absolute atomic E-state index is 11.1. The van der Waals surface area contributed by atoms with Crippen LogP contribution in [-0.4, -0.2) is 14.9 Å². The topological polar surface area (TPSA) is 38.0 Å². The molecule has 0 bridgehead atoms. The Bertz CT molecular complexity index is 594. The van der Waals surface area contributed by atoms with E-state index >= 15 is 0 Å². The predicted octanol–water partition coefficient (Wildman–Crippen LogP) is 3.96. The third kappa shape index (κ3) is 3.14. The van der Waals surface area contributed by atoms with Crippen LogP contribution in [0, 0.1) is 0 Å². The van der Waals surface area contributed by atoms with Crippen LogP contribution >= 0.6 is 11.6 Å². The smallest absolute Gasteiger partial charge is 0.0949 e. The molecule has 0 saturated carbocycles. The molecule has 1 aromatic heterocycles. The van der Waals surface area contributed by atoms with Crippen LogP contribution in [0.4, 0.5) is 0 Å². The summed E-state index contributed by atoms with van der Waals surface area (Å²) in [4.78, 5) is 0. The zero-order chi connectivity index (χ0) is 15.5. The fourth-order valence-corrected chi connectivity index (χ4v) is 2.98. The highest BCUT2D eigenvalue weighted by atomic mass is 35.5. The first-order valence-electron chi connectivity index (χ1n) is 7.57. The first-order chi connectivity index (χ1) is 10.1. The molecule has 3 nitrogen and oxygen atoms in total. The summed E-state index contributed by atoms with van der Waals surface area (Å²) in [6.45, 7) is 6.83. The van der Waals surface area contributed by atoms with Crippen LogP contribution < -0.4 is 0 Å². The van der Waals surface area contributed by atoms with Crippen molar-refractivity contribution in [3.63, 3.8) is 0 Å². The highest BCUT2D eigenvalue weighted by molar-refractivity contribution is 6.31. The Hall–Kier alpha value is -1.32. The van der Waals surface area contributed by atoms with E-state index < -0.39 is 5.60 Å². The van der Waals surface area contributed by atoms with Gasteiger partial charge in [0.2, 0.25) is 0 Å². The monoisotopic (exact) mass is 306 g/mol. The Balaban J connectivity index is 2.41. The summed E-state index contributed by atoms with van der Waals surface area (Å²) in [5.41, 5.74) is 1.83. The number of aliphatic hydroxyl groups is 1. The lowest BCUT2D eigenvalue weighted by Gasteiger charge is -2.28. The van der Waals surface area contributed by atoms with Crippen molar-refractivity contribution in [3.05, 3.63) is 52.3 Å². The number of benzene rings is 1. The van der Waals surface area contributed by atoms with Crippen LogP contribution in [-0.2, 0) is 25.0 Å². The molecule has 0 spiro atoms. The molecule has 1 aromatic carbocycles. The van der Waals surface area contributed by atoms with E-state index in [0.717, 1.165) is 29.9 Å². The van der Waals surface area contributed by atoms with Gasteiger partial charge in [-0.2, -0.15) is 5.10 Å². The van der Waals surface area contributed by atoms with Gasteiger partial charge in [0.25, 0.3) is 0 Å². The lowest BCUT2D eigenvalue weighted by Crippen LogP contribution is -2.29. The molecule has 0 aliphatic heterocycles. The van der Waals surface area contributed by atoms with Crippen molar-refractivity contribution in [1.29, 1.82) is 0 Å². The van der Waals surface area contributed by atoms with Crippen molar-refractivity contribution in [2.24, 2.45) is 0 Å². The maximum atomic E-state index is 11.1.